The van der Waals surface area contributed by atoms with Gasteiger partial charge in [0.1, 0.15) is 18.1 Å². The topological polar surface area (TPSA) is 273 Å². The van der Waals surface area contributed by atoms with Crippen molar-refractivity contribution in [2.75, 3.05) is 6.54 Å². The van der Waals surface area contributed by atoms with Crippen molar-refractivity contribution < 1.29 is 39.0 Å². The highest BCUT2D eigenvalue weighted by Gasteiger charge is 2.31. The fourth-order valence-electron chi connectivity index (χ4n) is 4.13. The molecule has 4 atom stereocenters. The largest absolute Gasteiger partial charge is 0.481 e. The minimum atomic E-state index is -1.51. The lowest BCUT2D eigenvalue weighted by molar-refractivity contribution is -0.143. The molecule has 2 rings (SSSR count). The molecule has 41 heavy (non-hydrogen) atoms. The van der Waals surface area contributed by atoms with Gasteiger partial charge in [0.05, 0.1) is 12.5 Å². The number of carboxylic acids is 2. The lowest BCUT2D eigenvalue weighted by Crippen LogP contribution is -2.58. The van der Waals surface area contributed by atoms with Crippen molar-refractivity contribution in [1.29, 1.82) is 0 Å². The van der Waals surface area contributed by atoms with E-state index in [2.05, 4.69) is 20.9 Å². The van der Waals surface area contributed by atoms with Crippen LogP contribution in [-0.2, 0) is 35.2 Å². The number of nitrogens with two attached hydrogens (primary N) is 3. The quantitative estimate of drug-likeness (QED) is 0.0922. The molecule has 0 fully saturated rings. The molecular formula is C26H37N7O8. The molecule has 0 saturated heterocycles. The number of fused-ring (bicyclic) bond motifs is 1. The van der Waals surface area contributed by atoms with Crippen molar-refractivity contribution in [2.24, 2.45) is 17.2 Å². The van der Waals surface area contributed by atoms with E-state index in [1.54, 1.807) is 30.5 Å². The minimum absolute atomic E-state index is 0.104. The van der Waals surface area contributed by atoms with Crippen molar-refractivity contribution in [1.82, 2.24) is 20.9 Å². The van der Waals surface area contributed by atoms with Gasteiger partial charge in [-0.15, -0.1) is 0 Å². The summed E-state index contributed by atoms with van der Waals surface area (Å²) in [4.78, 5) is 76.5. The summed E-state index contributed by atoms with van der Waals surface area (Å²) in [5.41, 5.74) is 17.9. The zero-order chi connectivity index (χ0) is 30.5. The van der Waals surface area contributed by atoms with Gasteiger partial charge in [-0.25, -0.2) is 4.79 Å². The van der Waals surface area contributed by atoms with Crippen LogP contribution < -0.4 is 33.2 Å². The Morgan fingerprint density at radius 2 is 1.49 bits per heavy atom. The Labute approximate surface area is 235 Å². The van der Waals surface area contributed by atoms with Crippen LogP contribution in [0, 0.1) is 0 Å². The van der Waals surface area contributed by atoms with Gasteiger partial charge in [-0.3, -0.25) is 24.0 Å². The molecule has 4 amide bonds. The number of aromatic amines is 1. The van der Waals surface area contributed by atoms with E-state index in [-0.39, 0.29) is 12.8 Å². The van der Waals surface area contributed by atoms with Gasteiger partial charge in [0, 0.05) is 29.9 Å². The number of carboxylic acid groups (broad SMARTS) is 2. The van der Waals surface area contributed by atoms with E-state index >= 15 is 0 Å². The van der Waals surface area contributed by atoms with Crippen LogP contribution in [0.5, 0.6) is 0 Å². The number of nitrogens with one attached hydrogen (secondary N) is 4. The maximum Gasteiger partial charge on any atom is 0.326 e. The highest BCUT2D eigenvalue weighted by Crippen LogP contribution is 2.19. The highest BCUT2D eigenvalue weighted by molar-refractivity contribution is 5.96. The Balaban J connectivity index is 2.18. The first-order valence-corrected chi connectivity index (χ1v) is 13.1. The molecule has 1 aromatic heterocycles. The Kier molecular flexibility index (Phi) is 12.7. The Morgan fingerprint density at radius 3 is 2.12 bits per heavy atom. The maximum absolute atomic E-state index is 13.1. The smallest absolute Gasteiger partial charge is 0.326 e. The predicted octanol–water partition coefficient (Wildman–Crippen LogP) is -1.55. The average molecular weight is 576 g/mol. The number of benzene rings is 1. The number of carbonyl (C=O) groups excluding carboxylic acids is 4. The van der Waals surface area contributed by atoms with Gasteiger partial charge in [-0.2, -0.15) is 0 Å². The molecule has 15 heteroatoms. The second kappa shape index (κ2) is 15.9. The van der Waals surface area contributed by atoms with E-state index in [9.17, 15) is 33.9 Å². The summed E-state index contributed by atoms with van der Waals surface area (Å²) >= 11 is 0. The summed E-state index contributed by atoms with van der Waals surface area (Å²) in [6.07, 6.45) is 1.40. The van der Waals surface area contributed by atoms with Crippen LogP contribution in [0.3, 0.4) is 0 Å². The minimum Gasteiger partial charge on any atom is -0.481 e. The number of para-hydroxylation sites is 1. The summed E-state index contributed by atoms with van der Waals surface area (Å²) < 4.78 is 0. The fourth-order valence-corrected chi connectivity index (χ4v) is 4.13. The summed E-state index contributed by atoms with van der Waals surface area (Å²) in [6.45, 7) is 0.408. The number of rotatable bonds is 18. The van der Waals surface area contributed by atoms with Crippen LogP contribution >= 0.6 is 0 Å². The number of unbranched alkanes of at least 4 members (excludes halogenated alkanes) is 1. The number of aliphatic carboxylic acids is 2. The number of H-pyrrole nitrogens is 1. The zero-order valence-electron chi connectivity index (χ0n) is 22.4. The van der Waals surface area contributed by atoms with Crippen molar-refractivity contribution in [2.45, 2.75) is 69.1 Å². The molecule has 0 aliphatic heterocycles. The van der Waals surface area contributed by atoms with Crippen LogP contribution in [0.4, 0.5) is 0 Å². The number of carbonyl (C=O) groups is 6. The van der Waals surface area contributed by atoms with Crippen LogP contribution in [0.1, 0.15) is 44.1 Å². The van der Waals surface area contributed by atoms with Gasteiger partial charge < -0.3 is 48.3 Å². The summed E-state index contributed by atoms with van der Waals surface area (Å²) in [5, 5.41) is 26.7. The van der Waals surface area contributed by atoms with E-state index in [1.807, 2.05) is 0 Å². The lowest BCUT2D eigenvalue weighted by Gasteiger charge is -2.24. The molecule has 2 aromatic rings. The first-order chi connectivity index (χ1) is 19.4. The number of hydrogen-bond acceptors (Lipinski definition) is 8. The third-order valence-electron chi connectivity index (χ3n) is 6.34. The van der Waals surface area contributed by atoms with E-state index in [0.29, 0.717) is 24.9 Å². The molecule has 0 bridgehead atoms. The van der Waals surface area contributed by atoms with E-state index in [1.165, 1.54) is 0 Å². The van der Waals surface area contributed by atoms with Gasteiger partial charge in [0.2, 0.25) is 23.6 Å². The van der Waals surface area contributed by atoms with Crippen molar-refractivity contribution >= 4 is 46.5 Å². The highest BCUT2D eigenvalue weighted by atomic mass is 16.4. The van der Waals surface area contributed by atoms with E-state index in [0.717, 1.165) is 10.9 Å². The summed E-state index contributed by atoms with van der Waals surface area (Å²) in [7, 11) is 0. The van der Waals surface area contributed by atoms with Crippen LogP contribution in [0.2, 0.25) is 0 Å². The third kappa shape index (κ3) is 10.5. The average Bonchev–Trinajstić information content (AvgIpc) is 3.32. The predicted molar refractivity (Wildman–Crippen MR) is 147 cm³/mol. The molecule has 0 aliphatic rings. The van der Waals surface area contributed by atoms with Gasteiger partial charge >= 0.3 is 11.9 Å². The fraction of sp³-hybridized carbons (Fsp3) is 0.462. The van der Waals surface area contributed by atoms with Crippen LogP contribution in [0.25, 0.3) is 10.9 Å². The van der Waals surface area contributed by atoms with Crippen molar-refractivity contribution in [3.05, 3.63) is 36.0 Å². The van der Waals surface area contributed by atoms with E-state index in [4.69, 9.17) is 22.3 Å². The molecule has 15 nitrogen and oxygen atoms in total. The summed E-state index contributed by atoms with van der Waals surface area (Å²) in [5.74, 6) is -6.25. The summed E-state index contributed by atoms with van der Waals surface area (Å²) in [6, 6.07) is 1.73. The first kappa shape index (κ1) is 32.7. The lowest BCUT2D eigenvalue weighted by atomic mass is 10.0. The second-order valence-corrected chi connectivity index (χ2v) is 9.58. The molecule has 1 aromatic carbocycles. The molecule has 0 spiro atoms. The molecule has 12 N–H and O–H groups in total. The molecule has 0 saturated carbocycles. The van der Waals surface area contributed by atoms with E-state index < -0.39 is 79.0 Å². The third-order valence-corrected chi connectivity index (χ3v) is 6.34. The molecule has 4 unspecified atom stereocenters. The SMILES string of the molecule is NCCCCC(N)C(=O)NC(CC(N)=O)C(=O)NC(CCC(=O)O)C(=O)NC(Cc1c[nH]c2ccccc12)C(=O)O. The van der Waals surface area contributed by atoms with Crippen LogP contribution in [-0.4, -0.2) is 81.5 Å². The maximum atomic E-state index is 13.1. The molecular weight excluding hydrogens is 538 g/mol. The monoisotopic (exact) mass is 575 g/mol. The van der Waals surface area contributed by atoms with Crippen molar-refractivity contribution in [3.8, 4) is 0 Å². The first-order valence-electron chi connectivity index (χ1n) is 13.1. The second-order valence-electron chi connectivity index (χ2n) is 9.58. The standard InChI is InChI=1S/C26H37N7O8/c27-10-4-3-6-16(28)23(37)32-19(12-21(29)34)25(39)31-18(8-9-22(35)36)24(38)33-20(26(40)41)11-14-13-30-17-7-2-1-5-15(14)17/h1-2,5,7,13,16,18-20,30H,3-4,6,8-12,27-28H2,(H2,29,34)(H,31,39)(H,32,37)(H,33,38)(H,35,36)(H,40,41). The molecule has 0 radical (unpaired) electrons. The van der Waals surface area contributed by atoms with Gasteiger partial charge in [0.15, 0.2) is 0 Å². The molecule has 224 valence electrons. The Morgan fingerprint density at radius 1 is 0.854 bits per heavy atom. The van der Waals surface area contributed by atoms with Gasteiger partial charge in [-0.1, -0.05) is 24.6 Å². The van der Waals surface area contributed by atoms with Crippen molar-refractivity contribution in [3.63, 3.8) is 0 Å². The number of primary amides is 1. The Hall–Kier alpha value is -4.50. The molecule has 0 aliphatic carbocycles. The van der Waals surface area contributed by atoms with Gasteiger partial charge in [0.25, 0.3) is 0 Å². The van der Waals surface area contributed by atoms with Gasteiger partial charge in [-0.05, 0) is 37.4 Å². The zero-order valence-corrected chi connectivity index (χ0v) is 22.4. The normalized spacial score (nSPS) is 13.9. The number of aromatic nitrogens is 1. The number of hydrogen-bond donors (Lipinski definition) is 9. The number of amides is 4. The van der Waals surface area contributed by atoms with Crippen LogP contribution in [0.15, 0.2) is 30.5 Å². The molecule has 1 heterocycles. The Bertz CT molecular complexity index is 1250.